The molecule has 0 aromatic heterocycles. The predicted molar refractivity (Wildman–Crippen MR) is 108 cm³/mol. The number of halogens is 2. The molecule has 1 aromatic carbocycles. The molecule has 4 rings (SSSR count). The van der Waals surface area contributed by atoms with Crippen molar-refractivity contribution in [2.45, 2.75) is 70.5 Å². The number of hydrogen-bond acceptors (Lipinski definition) is 3. The number of benzene rings is 1. The quantitative estimate of drug-likeness (QED) is 0.545. The monoisotopic (exact) mass is 408 g/mol. The maximum Gasteiger partial charge on any atom is 0.162 e. The first-order chi connectivity index (χ1) is 14.2. The molecule has 1 aromatic rings. The van der Waals surface area contributed by atoms with Crippen LogP contribution in [0.1, 0.15) is 64.2 Å². The van der Waals surface area contributed by atoms with Gasteiger partial charge in [0.15, 0.2) is 17.9 Å². The van der Waals surface area contributed by atoms with Crippen LogP contribution in [0.25, 0.3) is 0 Å². The molecule has 1 heterocycles. The molecule has 5 heteroatoms. The second-order valence-corrected chi connectivity index (χ2v) is 9.20. The third kappa shape index (κ3) is 5.91. The summed E-state index contributed by atoms with van der Waals surface area (Å²) in [4.78, 5) is 0. The SMILES string of the molecule is Fc1ccc(OC[C@H]2CC[C@H]([C@H]3CC[C@H](CCC4OCCO4)CC3)CC2)cc1F. The van der Waals surface area contributed by atoms with E-state index in [0.717, 1.165) is 49.5 Å². The van der Waals surface area contributed by atoms with E-state index in [2.05, 4.69) is 0 Å². The van der Waals surface area contributed by atoms with Gasteiger partial charge in [0.2, 0.25) is 0 Å². The van der Waals surface area contributed by atoms with Crippen molar-refractivity contribution in [1.82, 2.24) is 0 Å². The second-order valence-electron chi connectivity index (χ2n) is 9.20. The van der Waals surface area contributed by atoms with Crippen molar-refractivity contribution in [3.8, 4) is 5.75 Å². The first kappa shape index (κ1) is 21.0. The van der Waals surface area contributed by atoms with Gasteiger partial charge in [0, 0.05) is 6.07 Å². The minimum absolute atomic E-state index is 0.0524. The van der Waals surface area contributed by atoms with E-state index in [9.17, 15) is 8.78 Å². The van der Waals surface area contributed by atoms with E-state index < -0.39 is 11.6 Å². The minimum atomic E-state index is -0.842. The summed E-state index contributed by atoms with van der Waals surface area (Å²) in [5.74, 6) is 1.88. The molecule has 0 atom stereocenters. The Morgan fingerprint density at radius 1 is 0.759 bits per heavy atom. The van der Waals surface area contributed by atoms with Crippen molar-refractivity contribution < 1.29 is 23.0 Å². The van der Waals surface area contributed by atoms with Crippen LogP contribution in [0.15, 0.2) is 18.2 Å². The van der Waals surface area contributed by atoms with E-state index in [4.69, 9.17) is 14.2 Å². The lowest BCUT2D eigenvalue weighted by atomic mass is 9.69. The van der Waals surface area contributed by atoms with E-state index in [1.54, 1.807) is 0 Å². The number of hydrogen-bond donors (Lipinski definition) is 0. The molecule has 3 aliphatic rings. The second kappa shape index (κ2) is 10.2. The lowest BCUT2D eigenvalue weighted by Crippen LogP contribution is -2.27. The molecule has 0 bridgehead atoms. The van der Waals surface area contributed by atoms with Gasteiger partial charge >= 0.3 is 0 Å². The molecule has 0 N–H and O–H groups in total. The molecular weight excluding hydrogens is 374 g/mol. The molecule has 29 heavy (non-hydrogen) atoms. The Morgan fingerprint density at radius 3 is 2.00 bits per heavy atom. The predicted octanol–water partition coefficient (Wildman–Crippen LogP) is 6.11. The van der Waals surface area contributed by atoms with Crippen LogP contribution in [0.4, 0.5) is 8.78 Å². The molecule has 1 aliphatic heterocycles. The third-order valence-corrected chi connectivity index (χ3v) is 7.33. The lowest BCUT2D eigenvalue weighted by Gasteiger charge is -2.38. The zero-order valence-corrected chi connectivity index (χ0v) is 17.3. The Labute approximate surface area is 173 Å². The fraction of sp³-hybridized carbons (Fsp3) is 0.750. The van der Waals surface area contributed by atoms with Gasteiger partial charge in [-0.05, 0) is 87.2 Å². The molecule has 3 fully saturated rings. The van der Waals surface area contributed by atoms with Crippen LogP contribution in [0.5, 0.6) is 5.75 Å². The van der Waals surface area contributed by atoms with Gasteiger partial charge < -0.3 is 14.2 Å². The van der Waals surface area contributed by atoms with Gasteiger partial charge in [0.05, 0.1) is 19.8 Å². The Bertz CT molecular complexity index is 631. The Hall–Kier alpha value is -1.20. The maximum absolute atomic E-state index is 13.3. The summed E-state index contributed by atoms with van der Waals surface area (Å²) in [6, 6.07) is 3.78. The molecule has 1 saturated heterocycles. The van der Waals surface area contributed by atoms with Crippen molar-refractivity contribution in [3.05, 3.63) is 29.8 Å². The van der Waals surface area contributed by atoms with Crippen LogP contribution in [-0.2, 0) is 9.47 Å². The highest BCUT2D eigenvalue weighted by Gasteiger charge is 2.31. The first-order valence-electron chi connectivity index (χ1n) is 11.5. The molecular formula is C24H34F2O3. The van der Waals surface area contributed by atoms with E-state index in [0.29, 0.717) is 18.3 Å². The van der Waals surface area contributed by atoms with Crippen molar-refractivity contribution in [2.24, 2.45) is 23.7 Å². The van der Waals surface area contributed by atoms with Gasteiger partial charge in [-0.3, -0.25) is 0 Å². The highest BCUT2D eigenvalue weighted by atomic mass is 19.2. The highest BCUT2D eigenvalue weighted by Crippen LogP contribution is 2.42. The maximum atomic E-state index is 13.3. The van der Waals surface area contributed by atoms with Crippen LogP contribution in [0, 0.1) is 35.3 Å². The molecule has 0 amide bonds. The largest absolute Gasteiger partial charge is 0.493 e. The van der Waals surface area contributed by atoms with E-state index in [-0.39, 0.29) is 6.29 Å². The van der Waals surface area contributed by atoms with Crippen LogP contribution < -0.4 is 4.74 Å². The molecule has 3 nitrogen and oxygen atoms in total. The van der Waals surface area contributed by atoms with Gasteiger partial charge in [-0.1, -0.05) is 12.8 Å². The van der Waals surface area contributed by atoms with Gasteiger partial charge in [0.25, 0.3) is 0 Å². The summed E-state index contributed by atoms with van der Waals surface area (Å²) < 4.78 is 43.1. The standard InChI is InChI=1S/C24H34F2O3/c25-22-11-10-21(15-23(22)26)29-16-18-3-8-20(9-4-18)19-6-1-17(2-7-19)5-12-24-27-13-14-28-24/h10-11,15,17-20,24H,1-9,12-14,16H2/t17-,18-,19-,20-. The normalized spacial score (nSPS) is 31.1. The van der Waals surface area contributed by atoms with Crippen molar-refractivity contribution >= 4 is 0 Å². The molecule has 2 saturated carbocycles. The third-order valence-electron chi connectivity index (χ3n) is 7.33. The molecule has 2 aliphatic carbocycles. The van der Waals surface area contributed by atoms with E-state index in [1.165, 1.54) is 63.9 Å². The van der Waals surface area contributed by atoms with Crippen molar-refractivity contribution in [3.63, 3.8) is 0 Å². The summed E-state index contributed by atoms with van der Waals surface area (Å²) in [7, 11) is 0. The molecule has 162 valence electrons. The zero-order chi connectivity index (χ0) is 20.1. The van der Waals surface area contributed by atoms with E-state index >= 15 is 0 Å². The number of rotatable bonds is 7. The summed E-state index contributed by atoms with van der Waals surface area (Å²) in [6.45, 7) is 2.12. The lowest BCUT2D eigenvalue weighted by molar-refractivity contribution is -0.0514. The smallest absolute Gasteiger partial charge is 0.162 e. The molecule has 0 unspecified atom stereocenters. The summed E-state index contributed by atoms with van der Waals surface area (Å²) >= 11 is 0. The number of ether oxygens (including phenoxy) is 3. The molecule has 0 radical (unpaired) electrons. The summed E-state index contributed by atoms with van der Waals surface area (Å²) in [6.07, 6.45) is 12.7. The van der Waals surface area contributed by atoms with Gasteiger partial charge in [0.1, 0.15) is 5.75 Å². The average Bonchev–Trinajstić information content (AvgIpc) is 3.28. The van der Waals surface area contributed by atoms with Crippen molar-refractivity contribution in [1.29, 1.82) is 0 Å². The highest BCUT2D eigenvalue weighted by molar-refractivity contribution is 5.23. The fourth-order valence-corrected chi connectivity index (χ4v) is 5.50. The van der Waals surface area contributed by atoms with E-state index in [1.807, 2.05) is 0 Å². The fourth-order valence-electron chi connectivity index (χ4n) is 5.50. The minimum Gasteiger partial charge on any atom is -0.493 e. The molecule has 0 spiro atoms. The van der Waals surface area contributed by atoms with Crippen molar-refractivity contribution in [2.75, 3.05) is 19.8 Å². The zero-order valence-electron chi connectivity index (χ0n) is 17.3. The van der Waals surface area contributed by atoms with Crippen LogP contribution in [-0.4, -0.2) is 26.1 Å². The van der Waals surface area contributed by atoms with Gasteiger partial charge in [-0.25, -0.2) is 8.78 Å². The Morgan fingerprint density at radius 2 is 1.38 bits per heavy atom. The summed E-state index contributed by atoms with van der Waals surface area (Å²) in [5.41, 5.74) is 0. The van der Waals surface area contributed by atoms with Crippen LogP contribution in [0.2, 0.25) is 0 Å². The average molecular weight is 409 g/mol. The van der Waals surface area contributed by atoms with Gasteiger partial charge in [-0.2, -0.15) is 0 Å². The van der Waals surface area contributed by atoms with Gasteiger partial charge in [-0.15, -0.1) is 0 Å². The Kier molecular flexibility index (Phi) is 7.41. The summed E-state index contributed by atoms with van der Waals surface area (Å²) in [5, 5.41) is 0. The van der Waals surface area contributed by atoms with Crippen LogP contribution >= 0.6 is 0 Å². The first-order valence-corrected chi connectivity index (χ1v) is 11.5. The topological polar surface area (TPSA) is 27.7 Å². The Balaban J connectivity index is 1.12. The van der Waals surface area contributed by atoms with Crippen LogP contribution in [0.3, 0.4) is 0 Å².